The third kappa shape index (κ3) is 4.91. The molecule has 0 saturated carbocycles. The lowest BCUT2D eigenvalue weighted by Crippen LogP contribution is -2.44. The molecule has 0 unspecified atom stereocenters. The van der Waals surface area contributed by atoms with E-state index in [1.807, 2.05) is 44.2 Å². The molecule has 1 aliphatic heterocycles. The lowest BCUT2D eigenvalue weighted by atomic mass is 10.1. The number of benzene rings is 2. The summed E-state index contributed by atoms with van der Waals surface area (Å²) in [6, 6.07) is 15.5. The number of fused-ring (bicyclic) bond motifs is 1. The van der Waals surface area contributed by atoms with Gasteiger partial charge in [-0.2, -0.15) is 0 Å². The molecule has 138 valence electrons. The first kappa shape index (κ1) is 18.1. The van der Waals surface area contributed by atoms with Gasteiger partial charge in [-0.25, -0.2) is 0 Å². The molecule has 1 N–H and O–H groups in total. The normalized spacial score (nSPS) is 15.6. The fourth-order valence-electron chi connectivity index (χ4n) is 2.81. The van der Waals surface area contributed by atoms with Crippen molar-refractivity contribution in [3.8, 4) is 17.2 Å². The van der Waals surface area contributed by atoms with E-state index >= 15 is 0 Å². The lowest BCUT2D eigenvalue weighted by Gasteiger charge is -2.25. The molecule has 26 heavy (non-hydrogen) atoms. The number of carbonyl (C=O) groups is 1. The van der Waals surface area contributed by atoms with Gasteiger partial charge in [-0.15, -0.1) is 0 Å². The zero-order valence-electron chi connectivity index (χ0n) is 15.2. The first-order valence-electron chi connectivity index (χ1n) is 9.03. The van der Waals surface area contributed by atoms with Crippen molar-refractivity contribution in [1.82, 2.24) is 5.32 Å². The van der Waals surface area contributed by atoms with Crippen molar-refractivity contribution < 1.29 is 19.0 Å². The number of amides is 1. The highest BCUT2D eigenvalue weighted by Crippen LogP contribution is 2.30. The summed E-state index contributed by atoms with van der Waals surface area (Å²) in [4.78, 5) is 12.3. The Morgan fingerprint density at radius 3 is 2.81 bits per heavy atom. The number of aryl methyl sites for hydroxylation is 1. The summed E-state index contributed by atoms with van der Waals surface area (Å²) in [5.41, 5.74) is 1.20. The number of carbonyl (C=O) groups excluding carboxylic acids is 1. The first-order chi connectivity index (χ1) is 12.6. The average Bonchev–Trinajstić information content (AvgIpc) is 2.64. The van der Waals surface area contributed by atoms with Gasteiger partial charge in [0.05, 0.1) is 6.10 Å². The van der Waals surface area contributed by atoms with Crippen LogP contribution in [0.15, 0.2) is 48.5 Å². The summed E-state index contributed by atoms with van der Waals surface area (Å²) in [5.74, 6) is 2.03. The van der Waals surface area contributed by atoms with Crippen molar-refractivity contribution in [3.63, 3.8) is 0 Å². The standard InChI is InChI=1S/C21H25NO4/c1-15(2)25-17-9-5-7-16(13-17)8-6-12-22-21(23)20-14-24-18-10-3-4-11-19(18)26-20/h3-5,7,9-11,13,15,20H,6,8,12,14H2,1-2H3,(H,22,23)/t20-/m0/s1. The molecular formula is C21H25NO4. The Balaban J connectivity index is 1.42. The van der Waals surface area contributed by atoms with Gasteiger partial charge < -0.3 is 19.5 Å². The second-order valence-corrected chi connectivity index (χ2v) is 6.57. The molecule has 1 heterocycles. The molecule has 2 aromatic rings. The SMILES string of the molecule is CC(C)Oc1cccc(CCCNC(=O)[C@@H]2COc3ccccc3O2)c1. The van der Waals surface area contributed by atoms with E-state index in [0.717, 1.165) is 18.6 Å². The Morgan fingerprint density at radius 1 is 1.19 bits per heavy atom. The summed E-state index contributed by atoms with van der Waals surface area (Å²) in [5, 5.41) is 2.93. The molecule has 5 nitrogen and oxygen atoms in total. The number of ether oxygens (including phenoxy) is 3. The van der Waals surface area contributed by atoms with Gasteiger partial charge in [0.2, 0.25) is 6.10 Å². The van der Waals surface area contributed by atoms with Gasteiger partial charge in [-0.1, -0.05) is 24.3 Å². The van der Waals surface area contributed by atoms with Crippen LogP contribution in [-0.2, 0) is 11.2 Å². The monoisotopic (exact) mass is 355 g/mol. The maximum Gasteiger partial charge on any atom is 0.264 e. The van der Waals surface area contributed by atoms with E-state index < -0.39 is 6.10 Å². The molecule has 1 atom stereocenters. The number of rotatable bonds is 7. The van der Waals surface area contributed by atoms with Crippen molar-refractivity contribution in [2.24, 2.45) is 0 Å². The summed E-state index contributed by atoms with van der Waals surface area (Å²) < 4.78 is 17.0. The fraction of sp³-hybridized carbons (Fsp3) is 0.381. The Labute approximate surface area is 154 Å². The van der Waals surface area contributed by atoms with Gasteiger partial charge in [0.15, 0.2) is 11.5 Å². The van der Waals surface area contributed by atoms with Crippen molar-refractivity contribution in [2.45, 2.75) is 38.9 Å². The third-order valence-corrected chi connectivity index (χ3v) is 4.01. The van der Waals surface area contributed by atoms with Crippen LogP contribution in [0.4, 0.5) is 0 Å². The minimum Gasteiger partial charge on any atom is -0.491 e. The van der Waals surface area contributed by atoms with Crippen LogP contribution in [0.2, 0.25) is 0 Å². The fourth-order valence-corrected chi connectivity index (χ4v) is 2.81. The van der Waals surface area contributed by atoms with E-state index in [2.05, 4.69) is 17.4 Å². The maximum atomic E-state index is 12.3. The Bertz CT molecular complexity index is 744. The number of hydrogen-bond acceptors (Lipinski definition) is 4. The molecule has 1 aliphatic rings. The summed E-state index contributed by atoms with van der Waals surface area (Å²) in [7, 11) is 0. The Kier molecular flexibility index (Phi) is 6.00. The second-order valence-electron chi connectivity index (χ2n) is 6.57. The highest BCUT2D eigenvalue weighted by Gasteiger charge is 2.26. The van der Waals surface area contributed by atoms with Crippen LogP contribution in [0, 0.1) is 0 Å². The molecule has 3 rings (SSSR count). The predicted molar refractivity (Wildman–Crippen MR) is 99.9 cm³/mol. The average molecular weight is 355 g/mol. The molecule has 2 aromatic carbocycles. The molecule has 0 fully saturated rings. The van der Waals surface area contributed by atoms with Crippen molar-refractivity contribution in [3.05, 3.63) is 54.1 Å². The molecule has 0 bridgehead atoms. The number of hydrogen-bond donors (Lipinski definition) is 1. The van der Waals surface area contributed by atoms with Gasteiger partial charge in [-0.05, 0) is 56.5 Å². The topological polar surface area (TPSA) is 56.8 Å². The van der Waals surface area contributed by atoms with Crippen LogP contribution in [0.25, 0.3) is 0 Å². The van der Waals surface area contributed by atoms with Gasteiger partial charge in [-0.3, -0.25) is 4.79 Å². The van der Waals surface area contributed by atoms with Crippen LogP contribution in [0.1, 0.15) is 25.8 Å². The van der Waals surface area contributed by atoms with Crippen LogP contribution in [-0.4, -0.2) is 31.3 Å². The molecule has 0 aromatic heterocycles. The maximum absolute atomic E-state index is 12.3. The smallest absolute Gasteiger partial charge is 0.264 e. The summed E-state index contributed by atoms with van der Waals surface area (Å²) in [6.07, 6.45) is 1.28. The van der Waals surface area contributed by atoms with Crippen molar-refractivity contribution >= 4 is 5.91 Å². The summed E-state index contributed by atoms with van der Waals surface area (Å²) in [6.45, 7) is 4.85. The van der Waals surface area contributed by atoms with Crippen molar-refractivity contribution in [2.75, 3.05) is 13.2 Å². The van der Waals surface area contributed by atoms with Gasteiger partial charge in [0.1, 0.15) is 12.4 Å². The minimum absolute atomic E-state index is 0.142. The third-order valence-electron chi connectivity index (χ3n) is 4.01. The van der Waals surface area contributed by atoms with Crippen LogP contribution in [0.5, 0.6) is 17.2 Å². The van der Waals surface area contributed by atoms with E-state index in [4.69, 9.17) is 14.2 Å². The Hall–Kier alpha value is -2.69. The lowest BCUT2D eigenvalue weighted by molar-refractivity contribution is -0.130. The van der Waals surface area contributed by atoms with E-state index in [1.54, 1.807) is 6.07 Å². The highest BCUT2D eigenvalue weighted by atomic mass is 16.6. The molecule has 0 radical (unpaired) electrons. The predicted octanol–water partition coefficient (Wildman–Crippen LogP) is 3.36. The van der Waals surface area contributed by atoms with Gasteiger partial charge in [0.25, 0.3) is 5.91 Å². The van der Waals surface area contributed by atoms with E-state index in [-0.39, 0.29) is 18.6 Å². The molecule has 5 heteroatoms. The van der Waals surface area contributed by atoms with E-state index in [1.165, 1.54) is 5.56 Å². The quantitative estimate of drug-likeness (QED) is 0.774. The van der Waals surface area contributed by atoms with Gasteiger partial charge >= 0.3 is 0 Å². The molecular weight excluding hydrogens is 330 g/mol. The van der Waals surface area contributed by atoms with E-state index in [0.29, 0.717) is 18.0 Å². The zero-order chi connectivity index (χ0) is 18.4. The largest absolute Gasteiger partial charge is 0.491 e. The highest BCUT2D eigenvalue weighted by molar-refractivity contribution is 5.81. The molecule has 0 saturated heterocycles. The molecule has 1 amide bonds. The van der Waals surface area contributed by atoms with Crippen LogP contribution in [0.3, 0.4) is 0 Å². The van der Waals surface area contributed by atoms with E-state index in [9.17, 15) is 4.79 Å². The van der Waals surface area contributed by atoms with Crippen molar-refractivity contribution in [1.29, 1.82) is 0 Å². The Morgan fingerprint density at radius 2 is 2.00 bits per heavy atom. The number of para-hydroxylation sites is 2. The first-order valence-corrected chi connectivity index (χ1v) is 9.03. The zero-order valence-corrected chi connectivity index (χ0v) is 15.2. The van der Waals surface area contributed by atoms with Crippen LogP contribution >= 0.6 is 0 Å². The molecule has 0 spiro atoms. The summed E-state index contributed by atoms with van der Waals surface area (Å²) >= 11 is 0. The second kappa shape index (κ2) is 8.61. The van der Waals surface area contributed by atoms with Crippen LogP contribution < -0.4 is 19.5 Å². The molecule has 0 aliphatic carbocycles. The minimum atomic E-state index is -0.604. The van der Waals surface area contributed by atoms with Gasteiger partial charge in [0, 0.05) is 6.54 Å². The number of nitrogens with one attached hydrogen (secondary N) is 1.